The summed E-state index contributed by atoms with van der Waals surface area (Å²) in [5, 5.41) is 0. The molecule has 6 heteroatoms. The molecule has 0 rings (SSSR count). The normalized spacial score (nSPS) is 12.2. The number of ether oxygens (including phenoxy) is 3. The van der Waals surface area contributed by atoms with Crippen LogP contribution in [0.2, 0.25) is 0 Å². The molecular formula is C69H128O6. The summed E-state index contributed by atoms with van der Waals surface area (Å²) < 4.78 is 17.0. The molecule has 0 aliphatic carbocycles. The highest BCUT2D eigenvalue weighted by molar-refractivity contribution is 5.71. The molecule has 0 aromatic heterocycles. The minimum absolute atomic E-state index is 0.0727. The highest BCUT2D eigenvalue weighted by Gasteiger charge is 2.19. The average Bonchev–Trinajstić information content (AvgIpc) is 3.41. The molecule has 0 N–H and O–H groups in total. The van der Waals surface area contributed by atoms with E-state index in [-0.39, 0.29) is 31.1 Å². The van der Waals surface area contributed by atoms with Crippen LogP contribution in [0.15, 0.2) is 36.5 Å². The second-order valence-corrected chi connectivity index (χ2v) is 22.7. The minimum Gasteiger partial charge on any atom is -0.462 e. The fourth-order valence-electron chi connectivity index (χ4n) is 10.1. The van der Waals surface area contributed by atoms with Crippen molar-refractivity contribution in [3.8, 4) is 0 Å². The van der Waals surface area contributed by atoms with Crippen molar-refractivity contribution in [2.45, 2.75) is 374 Å². The third-order valence-electron chi connectivity index (χ3n) is 15.1. The van der Waals surface area contributed by atoms with E-state index in [1.54, 1.807) is 0 Å². The summed E-state index contributed by atoms with van der Waals surface area (Å²) in [5.41, 5.74) is 0. The lowest BCUT2D eigenvalue weighted by Crippen LogP contribution is -2.30. The summed E-state index contributed by atoms with van der Waals surface area (Å²) in [6.45, 7) is 6.69. The zero-order valence-electron chi connectivity index (χ0n) is 50.6. The Bertz CT molecular complexity index is 1250. The molecule has 0 bridgehead atoms. The lowest BCUT2D eigenvalue weighted by molar-refractivity contribution is -0.167. The van der Waals surface area contributed by atoms with E-state index in [1.165, 1.54) is 257 Å². The van der Waals surface area contributed by atoms with E-state index in [0.717, 1.165) is 70.6 Å². The zero-order valence-corrected chi connectivity index (χ0v) is 50.6. The summed E-state index contributed by atoms with van der Waals surface area (Å²) in [6, 6.07) is 0. The number of hydrogen-bond donors (Lipinski definition) is 0. The predicted molar refractivity (Wildman–Crippen MR) is 326 cm³/mol. The van der Waals surface area contributed by atoms with Crippen LogP contribution >= 0.6 is 0 Å². The van der Waals surface area contributed by atoms with E-state index in [0.29, 0.717) is 19.3 Å². The maximum Gasteiger partial charge on any atom is 0.306 e. The molecular weight excluding hydrogens is 925 g/mol. The SMILES string of the molecule is CCCCCCC/C=C\C/C=C\CCCCCCCCCCCC(=O)OCC(COC(=O)CCCCCCC/C=C\CCCCCCCCC)OC(=O)CCCCCCCCCCCCCCCCCCCCCC. The molecule has 1 atom stereocenters. The Balaban J connectivity index is 4.33. The van der Waals surface area contributed by atoms with Crippen LogP contribution in [0, 0.1) is 0 Å². The molecule has 0 saturated heterocycles. The van der Waals surface area contributed by atoms with Crippen LogP contribution in [0.5, 0.6) is 0 Å². The first-order valence-corrected chi connectivity index (χ1v) is 33.5. The van der Waals surface area contributed by atoms with E-state index in [4.69, 9.17) is 14.2 Å². The van der Waals surface area contributed by atoms with Crippen LogP contribution < -0.4 is 0 Å². The molecule has 0 aliphatic heterocycles. The van der Waals surface area contributed by atoms with Crippen LogP contribution in [0.3, 0.4) is 0 Å². The predicted octanol–water partition coefficient (Wildman–Crippen LogP) is 22.8. The Kier molecular flexibility index (Phi) is 62.1. The van der Waals surface area contributed by atoms with E-state index in [9.17, 15) is 14.4 Å². The molecule has 0 aromatic carbocycles. The van der Waals surface area contributed by atoms with Gasteiger partial charge in [0.15, 0.2) is 6.10 Å². The fourth-order valence-corrected chi connectivity index (χ4v) is 10.1. The second kappa shape index (κ2) is 64.2. The van der Waals surface area contributed by atoms with Crippen molar-refractivity contribution < 1.29 is 28.6 Å². The van der Waals surface area contributed by atoms with Crippen molar-refractivity contribution in [1.82, 2.24) is 0 Å². The van der Waals surface area contributed by atoms with Crippen molar-refractivity contribution in [3.05, 3.63) is 36.5 Å². The molecule has 75 heavy (non-hydrogen) atoms. The number of allylic oxidation sites excluding steroid dienone is 6. The molecule has 0 heterocycles. The Morgan fingerprint density at radius 3 is 0.747 bits per heavy atom. The molecule has 0 radical (unpaired) electrons. The van der Waals surface area contributed by atoms with Crippen molar-refractivity contribution in [2.75, 3.05) is 13.2 Å². The molecule has 0 saturated carbocycles. The van der Waals surface area contributed by atoms with E-state index >= 15 is 0 Å². The lowest BCUT2D eigenvalue weighted by Gasteiger charge is -2.18. The van der Waals surface area contributed by atoms with Gasteiger partial charge in [-0.05, 0) is 77.0 Å². The summed E-state index contributed by atoms with van der Waals surface area (Å²) in [6.07, 6.45) is 78.7. The van der Waals surface area contributed by atoms with Crippen molar-refractivity contribution in [1.29, 1.82) is 0 Å². The van der Waals surface area contributed by atoms with Gasteiger partial charge in [-0.15, -0.1) is 0 Å². The Morgan fingerprint density at radius 2 is 0.480 bits per heavy atom. The van der Waals surface area contributed by atoms with Gasteiger partial charge in [-0.2, -0.15) is 0 Å². The first-order chi connectivity index (χ1) is 37.0. The van der Waals surface area contributed by atoms with Crippen molar-refractivity contribution >= 4 is 17.9 Å². The van der Waals surface area contributed by atoms with Gasteiger partial charge in [0, 0.05) is 19.3 Å². The van der Waals surface area contributed by atoms with E-state index < -0.39 is 6.10 Å². The summed E-state index contributed by atoms with van der Waals surface area (Å²) in [4.78, 5) is 38.4. The largest absolute Gasteiger partial charge is 0.462 e. The first-order valence-electron chi connectivity index (χ1n) is 33.5. The number of carbonyl (C=O) groups excluding carboxylic acids is 3. The topological polar surface area (TPSA) is 78.9 Å². The van der Waals surface area contributed by atoms with E-state index in [2.05, 4.69) is 57.2 Å². The number of carbonyl (C=O) groups is 3. The van der Waals surface area contributed by atoms with Gasteiger partial charge in [0.05, 0.1) is 0 Å². The molecule has 440 valence electrons. The molecule has 6 nitrogen and oxygen atoms in total. The number of unbranched alkanes of at least 4 members (excludes halogenated alkanes) is 45. The van der Waals surface area contributed by atoms with Crippen LogP contribution in [-0.2, 0) is 28.6 Å². The van der Waals surface area contributed by atoms with Gasteiger partial charge >= 0.3 is 17.9 Å². The van der Waals surface area contributed by atoms with Gasteiger partial charge in [-0.3, -0.25) is 14.4 Å². The number of esters is 3. The third kappa shape index (κ3) is 62.4. The van der Waals surface area contributed by atoms with Crippen LogP contribution in [0.25, 0.3) is 0 Å². The van der Waals surface area contributed by atoms with Crippen molar-refractivity contribution in [3.63, 3.8) is 0 Å². The molecule has 0 aromatic rings. The zero-order chi connectivity index (χ0) is 54.3. The number of rotatable bonds is 62. The Morgan fingerprint density at radius 1 is 0.267 bits per heavy atom. The molecule has 0 fully saturated rings. The minimum atomic E-state index is -0.776. The second-order valence-electron chi connectivity index (χ2n) is 22.7. The summed E-state index contributed by atoms with van der Waals surface area (Å²) in [5.74, 6) is -0.858. The molecule has 1 unspecified atom stereocenters. The van der Waals surface area contributed by atoms with E-state index in [1.807, 2.05) is 0 Å². The molecule has 0 spiro atoms. The molecule has 0 aliphatic rings. The maximum absolute atomic E-state index is 12.9. The standard InChI is InChI=1S/C69H128O6/c1-4-7-10-13-16-19-22-25-28-31-33-35-37-38-41-44-47-50-53-56-59-62-68(71)74-65-66(64-73-67(70)61-58-55-52-49-46-43-40-30-27-24-21-18-15-12-9-6-3)75-69(72)63-60-57-54-51-48-45-42-39-36-34-32-29-26-23-20-17-14-11-8-5-2/h22,25,30-31,33,40,66H,4-21,23-24,26-29,32,34-39,41-65H2,1-3H3/b25-22-,33-31-,40-30-. The summed E-state index contributed by atoms with van der Waals surface area (Å²) in [7, 11) is 0. The Labute approximate surface area is 467 Å². The smallest absolute Gasteiger partial charge is 0.306 e. The average molecular weight is 1050 g/mol. The maximum atomic E-state index is 12.9. The Hall–Kier alpha value is -2.37. The van der Waals surface area contributed by atoms with Gasteiger partial charge < -0.3 is 14.2 Å². The molecule has 0 amide bonds. The van der Waals surface area contributed by atoms with Crippen LogP contribution in [0.1, 0.15) is 367 Å². The third-order valence-corrected chi connectivity index (χ3v) is 15.1. The quantitative estimate of drug-likeness (QED) is 0.0261. The van der Waals surface area contributed by atoms with Crippen LogP contribution in [-0.4, -0.2) is 37.2 Å². The van der Waals surface area contributed by atoms with Crippen molar-refractivity contribution in [2.24, 2.45) is 0 Å². The van der Waals surface area contributed by atoms with Gasteiger partial charge in [0.1, 0.15) is 13.2 Å². The lowest BCUT2D eigenvalue weighted by atomic mass is 10.0. The van der Waals surface area contributed by atoms with Gasteiger partial charge in [0.2, 0.25) is 0 Å². The highest BCUT2D eigenvalue weighted by Crippen LogP contribution is 2.18. The van der Waals surface area contributed by atoms with Gasteiger partial charge in [-0.1, -0.05) is 308 Å². The summed E-state index contributed by atoms with van der Waals surface area (Å²) >= 11 is 0. The highest BCUT2D eigenvalue weighted by atomic mass is 16.6. The van der Waals surface area contributed by atoms with Gasteiger partial charge in [0.25, 0.3) is 0 Å². The monoisotopic (exact) mass is 1050 g/mol. The van der Waals surface area contributed by atoms with Crippen LogP contribution in [0.4, 0.5) is 0 Å². The fraction of sp³-hybridized carbons (Fsp3) is 0.870. The first kappa shape index (κ1) is 72.6. The van der Waals surface area contributed by atoms with Gasteiger partial charge in [-0.25, -0.2) is 0 Å². The number of hydrogen-bond acceptors (Lipinski definition) is 6.